The molecule has 102 valence electrons. The summed E-state index contributed by atoms with van der Waals surface area (Å²) in [7, 11) is 0. The summed E-state index contributed by atoms with van der Waals surface area (Å²) in [5, 5.41) is 4.88. The van der Waals surface area contributed by atoms with E-state index in [2.05, 4.69) is 16.9 Å². The molecule has 0 spiro atoms. The predicted octanol–water partition coefficient (Wildman–Crippen LogP) is 2.16. The topological polar surface area (TPSA) is 85.1 Å². The fraction of sp³-hybridized carbons (Fsp3) is 0.0714. The molecule has 3 N–H and O–H groups in total. The van der Waals surface area contributed by atoms with Gasteiger partial charge in [-0.05, 0) is 11.6 Å². The molecule has 5 nitrogen and oxygen atoms in total. The van der Waals surface area contributed by atoms with E-state index in [0.29, 0.717) is 16.4 Å². The number of aromatic nitrogens is 1. The third kappa shape index (κ3) is 2.98. The van der Waals surface area contributed by atoms with Crippen molar-refractivity contribution in [2.45, 2.75) is 0 Å². The maximum atomic E-state index is 11.2. The number of nitrogens with one attached hydrogen (secondary N) is 1. The number of rotatable bonds is 5. The molecule has 0 bridgehead atoms. The van der Waals surface area contributed by atoms with Crippen LogP contribution in [0.1, 0.15) is 15.9 Å². The van der Waals surface area contributed by atoms with Gasteiger partial charge in [-0.2, -0.15) is 0 Å². The zero-order valence-electron chi connectivity index (χ0n) is 10.6. The van der Waals surface area contributed by atoms with E-state index in [-0.39, 0.29) is 12.5 Å². The summed E-state index contributed by atoms with van der Waals surface area (Å²) in [6.45, 7) is 3.57. The van der Waals surface area contributed by atoms with E-state index in [0.717, 1.165) is 17.4 Å². The number of nitrogens with two attached hydrogens (primary N) is 1. The van der Waals surface area contributed by atoms with Gasteiger partial charge in [0.25, 0.3) is 0 Å². The lowest BCUT2D eigenvalue weighted by atomic mass is 10.0. The lowest BCUT2D eigenvalue weighted by Crippen LogP contribution is -2.21. The number of amides is 1. The first kappa shape index (κ1) is 14.1. The number of carbonyl (C=O) groups excluding carboxylic acids is 2. The second-order valence-corrected chi connectivity index (χ2v) is 4.81. The number of aldehydes is 1. The van der Waals surface area contributed by atoms with Crippen molar-refractivity contribution < 1.29 is 9.59 Å². The summed E-state index contributed by atoms with van der Waals surface area (Å²) in [6.07, 6.45) is 2.41. The van der Waals surface area contributed by atoms with Crippen LogP contribution in [-0.4, -0.2) is 23.7 Å². The Kier molecular flexibility index (Phi) is 4.39. The predicted molar refractivity (Wildman–Crippen MR) is 80.7 cm³/mol. The third-order valence-corrected chi connectivity index (χ3v) is 3.42. The molecule has 2 rings (SSSR count). The minimum Gasteiger partial charge on any atom is -0.322 e. The summed E-state index contributed by atoms with van der Waals surface area (Å²) < 4.78 is 0. The van der Waals surface area contributed by atoms with Crippen LogP contribution in [0.2, 0.25) is 0 Å². The van der Waals surface area contributed by atoms with E-state index in [1.807, 2.05) is 17.5 Å². The van der Waals surface area contributed by atoms with Crippen molar-refractivity contribution in [1.82, 2.24) is 4.98 Å². The van der Waals surface area contributed by atoms with Gasteiger partial charge in [0.2, 0.25) is 5.91 Å². The Balaban J connectivity index is 2.30. The van der Waals surface area contributed by atoms with E-state index in [1.165, 1.54) is 11.3 Å². The molecular formula is C14H13N3O2S. The summed E-state index contributed by atoms with van der Waals surface area (Å²) >= 11 is 1.30. The van der Waals surface area contributed by atoms with Crippen LogP contribution < -0.4 is 11.1 Å². The summed E-state index contributed by atoms with van der Waals surface area (Å²) in [6, 6.07) is 5.41. The highest BCUT2D eigenvalue weighted by molar-refractivity contribution is 7.14. The first-order valence-electron chi connectivity index (χ1n) is 5.85. The Hall–Kier alpha value is -2.31. The van der Waals surface area contributed by atoms with Crippen molar-refractivity contribution in [2.24, 2.45) is 5.73 Å². The standard InChI is InChI=1S/C14H13N3O2S/c1-2-9-3-4-10(5-11(9)7-18)12-8-20-14(16-12)17-13(19)6-15/h2-5,7-8H,1,6,15H2,(H,16,17,19). The van der Waals surface area contributed by atoms with Gasteiger partial charge in [-0.15, -0.1) is 11.3 Å². The Bertz CT molecular complexity index is 664. The van der Waals surface area contributed by atoms with Crippen LogP contribution in [0.5, 0.6) is 0 Å². The number of carbonyl (C=O) groups is 2. The van der Waals surface area contributed by atoms with Crippen LogP contribution >= 0.6 is 11.3 Å². The van der Waals surface area contributed by atoms with Gasteiger partial charge in [0.15, 0.2) is 11.4 Å². The van der Waals surface area contributed by atoms with E-state index >= 15 is 0 Å². The highest BCUT2D eigenvalue weighted by atomic mass is 32.1. The molecule has 0 saturated heterocycles. The van der Waals surface area contributed by atoms with Crippen molar-refractivity contribution in [3.05, 3.63) is 41.3 Å². The van der Waals surface area contributed by atoms with Gasteiger partial charge >= 0.3 is 0 Å². The molecule has 0 aliphatic carbocycles. The molecular weight excluding hydrogens is 274 g/mol. The molecule has 20 heavy (non-hydrogen) atoms. The van der Waals surface area contributed by atoms with E-state index in [9.17, 15) is 9.59 Å². The lowest BCUT2D eigenvalue weighted by molar-refractivity contribution is -0.114. The highest BCUT2D eigenvalue weighted by Crippen LogP contribution is 2.26. The second-order valence-electron chi connectivity index (χ2n) is 3.96. The molecule has 0 fully saturated rings. The molecule has 0 aliphatic rings. The van der Waals surface area contributed by atoms with Crippen molar-refractivity contribution in [3.63, 3.8) is 0 Å². The van der Waals surface area contributed by atoms with E-state index in [4.69, 9.17) is 5.73 Å². The summed E-state index contributed by atoms with van der Waals surface area (Å²) in [5.41, 5.74) is 8.05. The van der Waals surface area contributed by atoms with Crippen molar-refractivity contribution in [2.75, 3.05) is 11.9 Å². The molecule has 2 aromatic rings. The average Bonchev–Trinajstić information content (AvgIpc) is 2.94. The number of thiazole rings is 1. The number of hydrogen-bond acceptors (Lipinski definition) is 5. The highest BCUT2D eigenvalue weighted by Gasteiger charge is 2.08. The summed E-state index contributed by atoms with van der Waals surface area (Å²) in [4.78, 5) is 26.5. The normalized spacial score (nSPS) is 10.1. The average molecular weight is 287 g/mol. The fourth-order valence-electron chi connectivity index (χ4n) is 1.66. The van der Waals surface area contributed by atoms with Crippen LogP contribution in [0.25, 0.3) is 17.3 Å². The van der Waals surface area contributed by atoms with Crippen LogP contribution in [0.4, 0.5) is 5.13 Å². The molecule has 0 radical (unpaired) electrons. The molecule has 1 aromatic carbocycles. The van der Waals surface area contributed by atoms with Gasteiger partial charge in [-0.25, -0.2) is 4.98 Å². The quantitative estimate of drug-likeness (QED) is 0.825. The van der Waals surface area contributed by atoms with Crippen LogP contribution in [0.3, 0.4) is 0 Å². The van der Waals surface area contributed by atoms with Gasteiger partial charge in [0, 0.05) is 16.5 Å². The van der Waals surface area contributed by atoms with E-state index < -0.39 is 0 Å². The molecule has 6 heteroatoms. The zero-order chi connectivity index (χ0) is 14.5. The van der Waals surface area contributed by atoms with Crippen molar-refractivity contribution >= 4 is 34.7 Å². The Labute approximate surface area is 120 Å². The molecule has 0 saturated carbocycles. The monoisotopic (exact) mass is 287 g/mol. The molecule has 1 amide bonds. The van der Waals surface area contributed by atoms with Gasteiger partial charge in [0.05, 0.1) is 12.2 Å². The van der Waals surface area contributed by atoms with Gasteiger partial charge < -0.3 is 11.1 Å². The summed E-state index contributed by atoms with van der Waals surface area (Å²) in [5.74, 6) is -0.290. The Morgan fingerprint density at radius 2 is 2.25 bits per heavy atom. The minimum absolute atomic E-state index is 0.0851. The number of anilines is 1. The lowest BCUT2D eigenvalue weighted by Gasteiger charge is -2.02. The Morgan fingerprint density at radius 3 is 2.90 bits per heavy atom. The third-order valence-electron chi connectivity index (χ3n) is 2.67. The number of nitrogens with zero attached hydrogens (tertiary/aromatic N) is 1. The molecule has 1 aromatic heterocycles. The molecule has 0 unspecified atom stereocenters. The second kappa shape index (κ2) is 6.23. The fourth-order valence-corrected chi connectivity index (χ4v) is 2.39. The molecule has 0 atom stereocenters. The van der Waals surface area contributed by atoms with Crippen LogP contribution in [0, 0.1) is 0 Å². The van der Waals surface area contributed by atoms with E-state index in [1.54, 1.807) is 12.1 Å². The van der Waals surface area contributed by atoms with Gasteiger partial charge in [-0.1, -0.05) is 24.8 Å². The maximum absolute atomic E-state index is 11.2. The van der Waals surface area contributed by atoms with Crippen molar-refractivity contribution in [1.29, 1.82) is 0 Å². The van der Waals surface area contributed by atoms with Crippen LogP contribution in [-0.2, 0) is 4.79 Å². The number of hydrogen-bond donors (Lipinski definition) is 2. The Morgan fingerprint density at radius 1 is 1.45 bits per heavy atom. The van der Waals surface area contributed by atoms with Crippen molar-refractivity contribution in [3.8, 4) is 11.3 Å². The number of benzene rings is 1. The SMILES string of the molecule is C=Cc1ccc(-c2csc(NC(=O)CN)n2)cc1C=O. The minimum atomic E-state index is -0.290. The molecule has 1 heterocycles. The zero-order valence-corrected chi connectivity index (χ0v) is 11.4. The smallest absolute Gasteiger partial charge is 0.239 e. The first-order chi connectivity index (χ1) is 9.67. The largest absolute Gasteiger partial charge is 0.322 e. The van der Waals surface area contributed by atoms with Crippen LogP contribution in [0.15, 0.2) is 30.2 Å². The van der Waals surface area contributed by atoms with Gasteiger partial charge in [0.1, 0.15) is 0 Å². The van der Waals surface area contributed by atoms with Gasteiger partial charge in [-0.3, -0.25) is 9.59 Å². The maximum Gasteiger partial charge on any atom is 0.239 e. The molecule has 0 aliphatic heterocycles. The first-order valence-corrected chi connectivity index (χ1v) is 6.73.